The number of nitrogens with two attached hydrogens (primary N) is 1. The van der Waals surface area contributed by atoms with E-state index in [0.717, 1.165) is 5.56 Å². The first kappa shape index (κ1) is 15.2. The highest BCUT2D eigenvalue weighted by Crippen LogP contribution is 2.15. The summed E-state index contributed by atoms with van der Waals surface area (Å²) in [6, 6.07) is 10.2. The largest absolute Gasteiger partial charge is 0.481 e. The van der Waals surface area contributed by atoms with E-state index in [-0.39, 0.29) is 22.9 Å². The summed E-state index contributed by atoms with van der Waals surface area (Å²) in [4.78, 5) is 19.9. The van der Waals surface area contributed by atoms with Crippen LogP contribution in [0.25, 0.3) is 0 Å². The Bertz CT molecular complexity index is 622. The van der Waals surface area contributed by atoms with Crippen molar-refractivity contribution in [3.05, 3.63) is 47.1 Å². The van der Waals surface area contributed by atoms with Crippen molar-refractivity contribution in [1.82, 2.24) is 9.97 Å². The average Bonchev–Trinajstić information content (AvgIpc) is 2.47. The summed E-state index contributed by atoms with van der Waals surface area (Å²) in [5, 5.41) is 2.70. The smallest absolute Gasteiger partial charge is 0.243 e. The SMILES string of the molecule is COc1cc(Cl)nc(NC(=O)C(N)Cc2ccccc2)n1. The molecule has 0 saturated carbocycles. The molecule has 21 heavy (non-hydrogen) atoms. The van der Waals surface area contributed by atoms with E-state index in [0.29, 0.717) is 6.42 Å². The Labute approximate surface area is 127 Å². The van der Waals surface area contributed by atoms with Crippen molar-refractivity contribution in [2.75, 3.05) is 12.4 Å². The van der Waals surface area contributed by atoms with Crippen LogP contribution >= 0.6 is 11.6 Å². The Hall–Kier alpha value is -2.18. The van der Waals surface area contributed by atoms with Gasteiger partial charge < -0.3 is 10.5 Å². The second kappa shape index (κ2) is 7.01. The molecule has 7 heteroatoms. The monoisotopic (exact) mass is 306 g/mol. The van der Waals surface area contributed by atoms with Crippen LogP contribution in [0.15, 0.2) is 36.4 Å². The van der Waals surface area contributed by atoms with Gasteiger partial charge in [0.15, 0.2) is 0 Å². The number of aromatic nitrogens is 2. The summed E-state index contributed by atoms with van der Waals surface area (Å²) in [5.41, 5.74) is 6.85. The Kier molecular flexibility index (Phi) is 5.08. The molecular formula is C14H15ClN4O2. The van der Waals surface area contributed by atoms with E-state index in [1.165, 1.54) is 13.2 Å². The van der Waals surface area contributed by atoms with Gasteiger partial charge in [0.25, 0.3) is 0 Å². The van der Waals surface area contributed by atoms with Crippen LogP contribution in [-0.4, -0.2) is 29.0 Å². The van der Waals surface area contributed by atoms with E-state index >= 15 is 0 Å². The summed E-state index contributed by atoms with van der Waals surface area (Å²) >= 11 is 5.81. The third kappa shape index (κ3) is 4.40. The first-order chi connectivity index (χ1) is 10.1. The average molecular weight is 307 g/mol. The fourth-order valence-electron chi connectivity index (χ4n) is 1.72. The minimum Gasteiger partial charge on any atom is -0.481 e. The zero-order valence-electron chi connectivity index (χ0n) is 11.4. The molecule has 1 heterocycles. The maximum Gasteiger partial charge on any atom is 0.243 e. The molecular weight excluding hydrogens is 292 g/mol. The number of carbonyl (C=O) groups is 1. The van der Waals surface area contributed by atoms with E-state index in [4.69, 9.17) is 22.1 Å². The van der Waals surface area contributed by atoms with Crippen LogP contribution in [0.5, 0.6) is 5.88 Å². The standard InChI is InChI=1S/C14H15ClN4O2/c1-21-12-8-11(15)17-14(18-12)19-13(20)10(16)7-9-5-3-2-4-6-9/h2-6,8,10H,7,16H2,1H3,(H,17,18,19,20). The fourth-order valence-corrected chi connectivity index (χ4v) is 1.89. The Morgan fingerprint density at radius 2 is 2.10 bits per heavy atom. The number of ether oxygens (including phenoxy) is 1. The number of halogens is 1. The van der Waals surface area contributed by atoms with Gasteiger partial charge in [-0.1, -0.05) is 41.9 Å². The van der Waals surface area contributed by atoms with E-state index in [1.807, 2.05) is 30.3 Å². The van der Waals surface area contributed by atoms with Gasteiger partial charge in [-0.05, 0) is 12.0 Å². The maximum atomic E-state index is 12.0. The van der Waals surface area contributed by atoms with Crippen LogP contribution in [0.3, 0.4) is 0 Å². The topological polar surface area (TPSA) is 90.1 Å². The molecule has 3 N–H and O–H groups in total. The predicted molar refractivity (Wildman–Crippen MR) is 80.3 cm³/mol. The number of carbonyl (C=O) groups excluding carboxylic acids is 1. The molecule has 2 aromatic rings. The molecule has 6 nitrogen and oxygen atoms in total. The van der Waals surface area contributed by atoms with E-state index in [2.05, 4.69) is 15.3 Å². The Morgan fingerprint density at radius 3 is 2.76 bits per heavy atom. The lowest BCUT2D eigenvalue weighted by molar-refractivity contribution is -0.117. The number of hydrogen-bond acceptors (Lipinski definition) is 5. The predicted octanol–water partition coefficient (Wildman–Crippen LogP) is 1.65. The molecule has 110 valence electrons. The molecule has 0 spiro atoms. The third-order valence-corrected chi connectivity index (χ3v) is 2.94. The quantitative estimate of drug-likeness (QED) is 0.820. The van der Waals surface area contributed by atoms with Crippen molar-refractivity contribution in [3.8, 4) is 5.88 Å². The van der Waals surface area contributed by atoms with Gasteiger partial charge in [-0.2, -0.15) is 4.98 Å². The van der Waals surface area contributed by atoms with Crippen molar-refractivity contribution in [2.24, 2.45) is 5.73 Å². The van der Waals surface area contributed by atoms with Crippen LogP contribution in [0.1, 0.15) is 5.56 Å². The molecule has 1 amide bonds. The molecule has 0 aliphatic rings. The zero-order chi connectivity index (χ0) is 15.2. The maximum absolute atomic E-state index is 12.0. The molecule has 0 fully saturated rings. The molecule has 0 aliphatic carbocycles. The third-order valence-electron chi connectivity index (χ3n) is 2.75. The van der Waals surface area contributed by atoms with Crippen molar-refractivity contribution >= 4 is 23.5 Å². The molecule has 0 bridgehead atoms. The van der Waals surface area contributed by atoms with Crippen LogP contribution < -0.4 is 15.8 Å². The number of hydrogen-bond donors (Lipinski definition) is 2. The number of nitrogens with zero attached hydrogens (tertiary/aromatic N) is 2. The number of amides is 1. The summed E-state index contributed by atoms with van der Waals surface area (Å²) < 4.78 is 4.96. The van der Waals surface area contributed by atoms with Gasteiger partial charge in [0.05, 0.1) is 13.2 Å². The summed E-state index contributed by atoms with van der Waals surface area (Å²) in [6.45, 7) is 0. The second-order valence-corrected chi connectivity index (χ2v) is 4.73. The molecule has 0 aliphatic heterocycles. The number of anilines is 1. The Balaban J connectivity index is 2.02. The van der Waals surface area contributed by atoms with Crippen molar-refractivity contribution in [3.63, 3.8) is 0 Å². The second-order valence-electron chi connectivity index (χ2n) is 4.34. The van der Waals surface area contributed by atoms with Gasteiger partial charge in [-0.3, -0.25) is 10.1 Å². The highest BCUT2D eigenvalue weighted by atomic mass is 35.5. The highest BCUT2D eigenvalue weighted by molar-refractivity contribution is 6.29. The van der Waals surface area contributed by atoms with Crippen LogP contribution in [0.4, 0.5) is 5.95 Å². The first-order valence-corrected chi connectivity index (χ1v) is 6.65. The number of methoxy groups -OCH3 is 1. The van der Waals surface area contributed by atoms with Crippen molar-refractivity contribution in [1.29, 1.82) is 0 Å². The molecule has 1 aromatic heterocycles. The van der Waals surface area contributed by atoms with Crippen LogP contribution in [-0.2, 0) is 11.2 Å². The highest BCUT2D eigenvalue weighted by Gasteiger charge is 2.16. The summed E-state index contributed by atoms with van der Waals surface area (Å²) in [5.74, 6) is -0.0574. The number of benzene rings is 1. The van der Waals surface area contributed by atoms with Crippen molar-refractivity contribution in [2.45, 2.75) is 12.5 Å². The molecule has 1 atom stereocenters. The molecule has 1 unspecified atom stereocenters. The lowest BCUT2D eigenvalue weighted by Gasteiger charge is -2.12. The van der Waals surface area contributed by atoms with Gasteiger partial charge in [0, 0.05) is 6.07 Å². The van der Waals surface area contributed by atoms with Gasteiger partial charge >= 0.3 is 0 Å². The lowest BCUT2D eigenvalue weighted by atomic mass is 10.1. The molecule has 0 radical (unpaired) electrons. The van der Waals surface area contributed by atoms with Gasteiger partial charge in [-0.15, -0.1) is 0 Å². The molecule has 1 aromatic carbocycles. The fraction of sp³-hybridized carbons (Fsp3) is 0.214. The molecule has 2 rings (SSSR count). The van der Waals surface area contributed by atoms with Crippen LogP contribution in [0.2, 0.25) is 5.15 Å². The molecule has 0 saturated heterocycles. The first-order valence-electron chi connectivity index (χ1n) is 6.27. The minimum atomic E-state index is -0.707. The van der Waals surface area contributed by atoms with Crippen LogP contribution in [0, 0.1) is 0 Å². The zero-order valence-corrected chi connectivity index (χ0v) is 12.2. The van der Waals surface area contributed by atoms with Gasteiger partial charge in [-0.25, -0.2) is 4.98 Å². The summed E-state index contributed by atoms with van der Waals surface area (Å²) in [6.07, 6.45) is 0.421. The van der Waals surface area contributed by atoms with E-state index < -0.39 is 6.04 Å². The van der Waals surface area contributed by atoms with E-state index in [1.54, 1.807) is 0 Å². The minimum absolute atomic E-state index is 0.0628. The summed E-state index contributed by atoms with van der Waals surface area (Å²) in [7, 11) is 1.45. The number of rotatable bonds is 5. The van der Waals surface area contributed by atoms with Crippen molar-refractivity contribution < 1.29 is 9.53 Å². The van der Waals surface area contributed by atoms with E-state index in [9.17, 15) is 4.79 Å². The number of nitrogens with one attached hydrogen (secondary N) is 1. The lowest BCUT2D eigenvalue weighted by Crippen LogP contribution is -2.37. The van der Waals surface area contributed by atoms with Gasteiger partial charge in [0.2, 0.25) is 17.7 Å². The normalized spacial score (nSPS) is 11.8. The Morgan fingerprint density at radius 1 is 1.38 bits per heavy atom. The van der Waals surface area contributed by atoms with Gasteiger partial charge in [0.1, 0.15) is 5.15 Å².